The number of aryl methyl sites for hydroxylation is 1. The highest BCUT2D eigenvalue weighted by atomic mass is 19.1. The molecule has 0 saturated carbocycles. The van der Waals surface area contributed by atoms with Crippen molar-refractivity contribution in [2.45, 2.75) is 32.2 Å². The van der Waals surface area contributed by atoms with E-state index in [9.17, 15) is 4.39 Å². The van der Waals surface area contributed by atoms with Gasteiger partial charge in [0, 0.05) is 12.2 Å². The first-order valence-corrected chi connectivity index (χ1v) is 6.82. The third kappa shape index (κ3) is 2.62. The Hall–Kier alpha value is -1.66. The summed E-state index contributed by atoms with van der Waals surface area (Å²) in [6, 6.07) is 4.17. The maximum atomic E-state index is 13.5. The third-order valence-electron chi connectivity index (χ3n) is 3.74. The molecule has 0 fully saturated rings. The zero-order valence-corrected chi connectivity index (χ0v) is 11.1. The number of halogens is 1. The number of nitrogens with zero attached hydrogens (tertiary/aromatic N) is 2. The summed E-state index contributed by atoms with van der Waals surface area (Å²) in [6.07, 6.45) is 6.12. The van der Waals surface area contributed by atoms with Crippen molar-refractivity contribution in [2.75, 3.05) is 0 Å². The molecule has 0 saturated heterocycles. The van der Waals surface area contributed by atoms with Crippen molar-refractivity contribution >= 4 is 12.6 Å². The Kier molecular flexibility index (Phi) is 3.59. The van der Waals surface area contributed by atoms with E-state index in [1.807, 2.05) is 4.57 Å². The van der Waals surface area contributed by atoms with Crippen molar-refractivity contribution in [3.05, 3.63) is 47.3 Å². The molecule has 0 amide bonds. The molecule has 2 N–H and O–H groups in total. The number of fused-ring (bicyclic) bond motifs is 1. The summed E-state index contributed by atoms with van der Waals surface area (Å²) >= 11 is 0. The van der Waals surface area contributed by atoms with Gasteiger partial charge in [0.05, 0.1) is 12.0 Å². The van der Waals surface area contributed by atoms with Gasteiger partial charge in [0.15, 0.2) is 0 Å². The van der Waals surface area contributed by atoms with Crippen LogP contribution in [0.25, 0.3) is 0 Å². The Morgan fingerprint density at radius 2 is 2.00 bits per heavy atom. The molecule has 1 aliphatic rings. The van der Waals surface area contributed by atoms with Gasteiger partial charge in [-0.25, -0.2) is 9.37 Å². The van der Waals surface area contributed by atoms with Crippen molar-refractivity contribution in [2.24, 2.45) is 0 Å². The molecule has 4 nitrogen and oxygen atoms in total. The lowest BCUT2D eigenvalue weighted by Crippen LogP contribution is -2.30. The van der Waals surface area contributed by atoms with Gasteiger partial charge in [-0.2, -0.15) is 0 Å². The fraction of sp³-hybridized carbons (Fsp3) is 0.357. The van der Waals surface area contributed by atoms with Crippen LogP contribution in [-0.4, -0.2) is 26.7 Å². The van der Waals surface area contributed by atoms with Crippen LogP contribution in [-0.2, 0) is 19.4 Å². The second-order valence-electron chi connectivity index (χ2n) is 5.24. The lowest BCUT2D eigenvalue weighted by Gasteiger charge is -2.14. The van der Waals surface area contributed by atoms with Crippen molar-refractivity contribution in [1.82, 2.24) is 9.55 Å². The average Bonchev–Trinajstić information content (AvgIpc) is 2.82. The van der Waals surface area contributed by atoms with Gasteiger partial charge in [-0.05, 0) is 48.8 Å². The number of rotatable bonds is 3. The van der Waals surface area contributed by atoms with Crippen LogP contribution in [0.3, 0.4) is 0 Å². The van der Waals surface area contributed by atoms with Gasteiger partial charge >= 0.3 is 7.12 Å². The fourth-order valence-electron chi connectivity index (χ4n) is 2.78. The van der Waals surface area contributed by atoms with Crippen molar-refractivity contribution < 1.29 is 14.4 Å². The number of benzene rings is 1. The van der Waals surface area contributed by atoms with Crippen LogP contribution in [0.4, 0.5) is 4.39 Å². The lowest BCUT2D eigenvalue weighted by molar-refractivity contribution is 0.425. The maximum Gasteiger partial charge on any atom is 0.488 e. The van der Waals surface area contributed by atoms with Gasteiger partial charge in [-0.15, -0.1) is 0 Å². The minimum absolute atomic E-state index is 0.175. The summed E-state index contributed by atoms with van der Waals surface area (Å²) in [5.41, 5.74) is 3.23. The summed E-state index contributed by atoms with van der Waals surface area (Å²) in [7, 11) is -1.65. The van der Waals surface area contributed by atoms with Gasteiger partial charge in [0.25, 0.3) is 0 Å². The summed E-state index contributed by atoms with van der Waals surface area (Å²) in [5.74, 6) is -0.459. The van der Waals surface area contributed by atoms with Gasteiger partial charge in [-0.3, -0.25) is 0 Å². The predicted octanol–water partition coefficient (Wildman–Crippen LogP) is 0.629. The molecule has 0 radical (unpaired) electrons. The quantitative estimate of drug-likeness (QED) is 0.807. The maximum absolute atomic E-state index is 13.5. The van der Waals surface area contributed by atoms with E-state index >= 15 is 0 Å². The molecule has 1 aromatic heterocycles. The van der Waals surface area contributed by atoms with Gasteiger partial charge in [0.1, 0.15) is 5.82 Å². The predicted molar refractivity (Wildman–Crippen MR) is 74.2 cm³/mol. The molecule has 2 aromatic rings. The number of imidazole rings is 1. The Bertz CT molecular complexity index is 628. The number of hydrogen-bond donors (Lipinski definition) is 2. The van der Waals surface area contributed by atoms with E-state index in [0.717, 1.165) is 31.0 Å². The largest absolute Gasteiger partial charge is 0.488 e. The van der Waals surface area contributed by atoms with E-state index in [4.69, 9.17) is 10.0 Å². The fourth-order valence-corrected chi connectivity index (χ4v) is 2.78. The van der Waals surface area contributed by atoms with Crippen LogP contribution >= 0.6 is 0 Å². The highest BCUT2D eigenvalue weighted by Gasteiger charge is 2.17. The molecular formula is C14H16BFN2O2. The zero-order chi connectivity index (χ0) is 14.1. The van der Waals surface area contributed by atoms with E-state index in [-0.39, 0.29) is 5.46 Å². The molecule has 3 rings (SSSR count). The normalized spacial score (nSPS) is 14.2. The van der Waals surface area contributed by atoms with Crippen molar-refractivity contribution in [3.63, 3.8) is 0 Å². The van der Waals surface area contributed by atoms with Crippen LogP contribution in [0.2, 0.25) is 0 Å². The van der Waals surface area contributed by atoms with Crippen LogP contribution in [0.1, 0.15) is 29.8 Å². The SMILES string of the molecule is OB(O)c1cc(F)cc(Cn2cnc3c2CCCC3)c1. The summed E-state index contributed by atoms with van der Waals surface area (Å²) < 4.78 is 15.5. The minimum atomic E-state index is -1.65. The first kappa shape index (κ1) is 13.3. The van der Waals surface area contributed by atoms with Crippen molar-refractivity contribution in [3.8, 4) is 0 Å². The first-order valence-electron chi connectivity index (χ1n) is 6.82. The Balaban J connectivity index is 1.89. The van der Waals surface area contributed by atoms with Gasteiger partial charge in [0.2, 0.25) is 0 Å². The molecular weight excluding hydrogens is 258 g/mol. The summed E-state index contributed by atoms with van der Waals surface area (Å²) in [5, 5.41) is 18.3. The van der Waals surface area contributed by atoms with Crippen LogP contribution in [0, 0.1) is 5.82 Å². The molecule has 0 bridgehead atoms. The molecule has 20 heavy (non-hydrogen) atoms. The van der Waals surface area contributed by atoms with E-state index in [2.05, 4.69) is 4.98 Å². The monoisotopic (exact) mass is 274 g/mol. The second kappa shape index (κ2) is 5.38. The molecule has 6 heteroatoms. The van der Waals surface area contributed by atoms with Crippen LogP contribution < -0.4 is 5.46 Å². The van der Waals surface area contributed by atoms with Crippen molar-refractivity contribution in [1.29, 1.82) is 0 Å². The van der Waals surface area contributed by atoms with Crippen LogP contribution in [0.5, 0.6) is 0 Å². The van der Waals surface area contributed by atoms with Gasteiger partial charge in [-0.1, -0.05) is 6.07 Å². The van der Waals surface area contributed by atoms with E-state index in [1.54, 1.807) is 12.4 Å². The zero-order valence-electron chi connectivity index (χ0n) is 11.1. The average molecular weight is 274 g/mol. The molecule has 1 aromatic carbocycles. The molecule has 0 atom stereocenters. The Morgan fingerprint density at radius 3 is 2.80 bits per heavy atom. The molecule has 1 aliphatic carbocycles. The minimum Gasteiger partial charge on any atom is -0.423 e. The lowest BCUT2D eigenvalue weighted by atomic mass is 9.79. The van der Waals surface area contributed by atoms with E-state index < -0.39 is 12.9 Å². The first-order chi connectivity index (χ1) is 9.63. The molecule has 0 unspecified atom stereocenters. The highest BCUT2D eigenvalue weighted by molar-refractivity contribution is 6.58. The molecule has 104 valence electrons. The molecule has 1 heterocycles. The Labute approximate surface area is 117 Å². The Morgan fingerprint density at radius 1 is 1.20 bits per heavy atom. The number of aromatic nitrogens is 2. The van der Waals surface area contributed by atoms with Crippen LogP contribution in [0.15, 0.2) is 24.5 Å². The van der Waals surface area contributed by atoms with Gasteiger partial charge < -0.3 is 14.6 Å². The second-order valence-corrected chi connectivity index (χ2v) is 5.24. The summed E-state index contributed by atoms with van der Waals surface area (Å²) in [4.78, 5) is 4.40. The summed E-state index contributed by atoms with van der Waals surface area (Å²) in [6.45, 7) is 0.500. The molecule has 0 aliphatic heterocycles. The number of hydrogen-bond acceptors (Lipinski definition) is 3. The van der Waals surface area contributed by atoms with E-state index in [0.29, 0.717) is 12.1 Å². The smallest absolute Gasteiger partial charge is 0.423 e. The standard InChI is InChI=1S/C14H16BFN2O2/c16-12-6-10(5-11(7-12)15(19)20)8-18-9-17-13-3-1-2-4-14(13)18/h5-7,9,19-20H,1-4,8H2. The topological polar surface area (TPSA) is 58.3 Å². The highest BCUT2D eigenvalue weighted by Crippen LogP contribution is 2.20. The third-order valence-corrected chi connectivity index (χ3v) is 3.74. The molecule has 0 spiro atoms. The van der Waals surface area contributed by atoms with E-state index in [1.165, 1.54) is 18.2 Å².